The second-order valence-corrected chi connectivity index (χ2v) is 6.59. The number of nitriles is 1. The standard InChI is InChI=1S/C19H13Cl3N4/c1-12(15-9-5-6-10-24-15)26(13-7-3-2-4-8-13)19-17(21)16(20)14(11-23)18(22)25-19/h2-10,12H,1H3. The van der Waals surface area contributed by atoms with E-state index in [-0.39, 0.29) is 26.8 Å². The summed E-state index contributed by atoms with van der Waals surface area (Å²) in [6.45, 7) is 1.98. The van der Waals surface area contributed by atoms with Crippen molar-refractivity contribution in [2.24, 2.45) is 0 Å². The van der Waals surface area contributed by atoms with E-state index in [1.54, 1.807) is 6.20 Å². The van der Waals surface area contributed by atoms with Crippen LogP contribution in [0.2, 0.25) is 15.2 Å². The Kier molecular flexibility index (Phi) is 5.63. The van der Waals surface area contributed by atoms with Crippen LogP contribution in [0.1, 0.15) is 24.2 Å². The van der Waals surface area contributed by atoms with Crippen molar-refractivity contribution in [3.63, 3.8) is 0 Å². The lowest BCUT2D eigenvalue weighted by Gasteiger charge is -2.31. The van der Waals surface area contributed by atoms with E-state index in [9.17, 15) is 5.26 Å². The summed E-state index contributed by atoms with van der Waals surface area (Å²) in [5.41, 5.74) is 1.73. The van der Waals surface area contributed by atoms with Crippen LogP contribution in [0, 0.1) is 11.3 Å². The summed E-state index contributed by atoms with van der Waals surface area (Å²) in [6, 6.07) is 17.0. The highest BCUT2D eigenvalue weighted by Gasteiger charge is 2.26. The predicted octanol–water partition coefficient (Wildman–Crippen LogP) is 6.21. The van der Waals surface area contributed by atoms with Crippen molar-refractivity contribution in [2.75, 3.05) is 4.90 Å². The molecular formula is C19H13Cl3N4. The minimum atomic E-state index is -0.205. The van der Waals surface area contributed by atoms with Crippen molar-refractivity contribution in [2.45, 2.75) is 13.0 Å². The number of anilines is 2. The van der Waals surface area contributed by atoms with Crippen molar-refractivity contribution in [1.29, 1.82) is 5.26 Å². The number of nitrogens with zero attached hydrogens (tertiary/aromatic N) is 4. The Morgan fingerprint density at radius 3 is 2.31 bits per heavy atom. The van der Waals surface area contributed by atoms with Crippen molar-refractivity contribution >= 4 is 46.3 Å². The second kappa shape index (κ2) is 7.92. The van der Waals surface area contributed by atoms with E-state index in [4.69, 9.17) is 34.8 Å². The van der Waals surface area contributed by atoms with Crippen LogP contribution in [0.15, 0.2) is 54.7 Å². The summed E-state index contributed by atoms with van der Waals surface area (Å²) in [4.78, 5) is 10.7. The van der Waals surface area contributed by atoms with E-state index in [0.29, 0.717) is 5.82 Å². The van der Waals surface area contributed by atoms with E-state index in [0.717, 1.165) is 11.4 Å². The molecule has 0 aliphatic carbocycles. The van der Waals surface area contributed by atoms with Crippen LogP contribution < -0.4 is 4.90 Å². The quantitative estimate of drug-likeness (QED) is 0.486. The highest BCUT2D eigenvalue weighted by Crippen LogP contribution is 2.42. The molecule has 0 N–H and O–H groups in total. The van der Waals surface area contributed by atoms with E-state index in [1.165, 1.54) is 0 Å². The number of aromatic nitrogens is 2. The van der Waals surface area contributed by atoms with Gasteiger partial charge < -0.3 is 4.90 Å². The minimum absolute atomic E-state index is 0.00560. The fourth-order valence-corrected chi connectivity index (χ4v) is 3.33. The predicted molar refractivity (Wildman–Crippen MR) is 105 cm³/mol. The van der Waals surface area contributed by atoms with Crippen LogP contribution in [-0.4, -0.2) is 9.97 Å². The normalized spacial score (nSPS) is 11.7. The van der Waals surface area contributed by atoms with Gasteiger partial charge in [-0.15, -0.1) is 0 Å². The molecule has 1 aromatic carbocycles. The highest BCUT2D eigenvalue weighted by atomic mass is 35.5. The van der Waals surface area contributed by atoms with E-state index in [1.807, 2.05) is 66.4 Å². The van der Waals surface area contributed by atoms with Gasteiger partial charge in [-0.2, -0.15) is 5.26 Å². The Morgan fingerprint density at radius 1 is 1.00 bits per heavy atom. The summed E-state index contributed by atoms with van der Waals surface area (Å²) in [6.07, 6.45) is 1.72. The van der Waals surface area contributed by atoms with Gasteiger partial charge in [0.05, 0.1) is 16.8 Å². The van der Waals surface area contributed by atoms with Crippen LogP contribution in [0.4, 0.5) is 11.5 Å². The van der Waals surface area contributed by atoms with Crippen molar-refractivity contribution in [3.05, 3.63) is 81.2 Å². The molecule has 1 atom stereocenters. The van der Waals surface area contributed by atoms with Gasteiger partial charge in [-0.25, -0.2) is 4.98 Å². The zero-order chi connectivity index (χ0) is 18.7. The van der Waals surface area contributed by atoms with Crippen LogP contribution in [-0.2, 0) is 0 Å². The summed E-state index contributed by atoms with van der Waals surface area (Å²) in [5.74, 6) is 0.366. The molecular weight excluding hydrogens is 391 g/mol. The first-order valence-electron chi connectivity index (χ1n) is 7.74. The molecule has 0 aliphatic rings. The Balaban J connectivity index is 2.22. The maximum atomic E-state index is 9.22. The molecule has 0 bridgehead atoms. The number of hydrogen-bond acceptors (Lipinski definition) is 4. The lowest BCUT2D eigenvalue weighted by molar-refractivity contribution is 0.735. The van der Waals surface area contributed by atoms with Gasteiger partial charge in [0.2, 0.25) is 0 Å². The van der Waals surface area contributed by atoms with Gasteiger partial charge in [0.15, 0.2) is 11.0 Å². The molecule has 0 aliphatic heterocycles. The van der Waals surface area contributed by atoms with Gasteiger partial charge >= 0.3 is 0 Å². The molecule has 7 heteroatoms. The average Bonchev–Trinajstić information content (AvgIpc) is 2.68. The first kappa shape index (κ1) is 18.5. The van der Waals surface area contributed by atoms with Gasteiger partial charge in [0, 0.05) is 11.9 Å². The molecule has 4 nitrogen and oxygen atoms in total. The molecule has 0 saturated heterocycles. The highest BCUT2D eigenvalue weighted by molar-refractivity contribution is 6.45. The topological polar surface area (TPSA) is 52.8 Å². The fraction of sp³-hybridized carbons (Fsp3) is 0.105. The zero-order valence-corrected chi connectivity index (χ0v) is 16.0. The van der Waals surface area contributed by atoms with E-state index >= 15 is 0 Å². The van der Waals surface area contributed by atoms with E-state index < -0.39 is 0 Å². The zero-order valence-electron chi connectivity index (χ0n) is 13.7. The monoisotopic (exact) mass is 402 g/mol. The largest absolute Gasteiger partial charge is 0.316 e. The molecule has 130 valence electrons. The van der Waals surface area contributed by atoms with Crippen molar-refractivity contribution in [3.8, 4) is 6.07 Å². The molecule has 0 amide bonds. The molecule has 0 spiro atoms. The van der Waals surface area contributed by atoms with Crippen molar-refractivity contribution in [1.82, 2.24) is 9.97 Å². The third-order valence-corrected chi connectivity index (χ3v) is 5.00. The molecule has 3 rings (SSSR count). The first-order valence-corrected chi connectivity index (χ1v) is 8.87. The summed E-state index contributed by atoms with van der Waals surface area (Å²) < 4.78 is 0. The molecule has 0 fully saturated rings. The first-order chi connectivity index (χ1) is 12.5. The maximum absolute atomic E-state index is 9.22. The van der Waals surface area contributed by atoms with E-state index in [2.05, 4.69) is 9.97 Å². The van der Waals surface area contributed by atoms with Crippen LogP contribution in [0.25, 0.3) is 0 Å². The number of halogens is 3. The van der Waals surface area contributed by atoms with Crippen molar-refractivity contribution < 1.29 is 0 Å². The molecule has 1 unspecified atom stereocenters. The second-order valence-electron chi connectivity index (χ2n) is 5.48. The SMILES string of the molecule is CC(c1ccccn1)N(c1ccccc1)c1nc(Cl)c(C#N)c(Cl)c1Cl. The third kappa shape index (κ3) is 3.47. The van der Waals surface area contributed by atoms with Crippen LogP contribution in [0.3, 0.4) is 0 Å². The summed E-state index contributed by atoms with van der Waals surface area (Å²) in [5, 5.41) is 9.47. The van der Waals surface area contributed by atoms with Gasteiger partial charge in [0.1, 0.15) is 16.7 Å². The third-order valence-electron chi connectivity index (χ3n) is 3.90. The fourth-order valence-electron chi connectivity index (χ4n) is 2.62. The Bertz CT molecular complexity index is 956. The number of pyridine rings is 2. The number of hydrogen-bond donors (Lipinski definition) is 0. The Hall–Kier alpha value is -2.32. The minimum Gasteiger partial charge on any atom is -0.316 e. The number of benzene rings is 1. The maximum Gasteiger partial charge on any atom is 0.155 e. The van der Waals surface area contributed by atoms with Gasteiger partial charge in [-0.1, -0.05) is 59.1 Å². The van der Waals surface area contributed by atoms with Gasteiger partial charge in [0.25, 0.3) is 0 Å². The molecule has 2 aromatic heterocycles. The lowest BCUT2D eigenvalue weighted by Crippen LogP contribution is -2.24. The molecule has 0 radical (unpaired) electrons. The summed E-state index contributed by atoms with van der Waals surface area (Å²) >= 11 is 18.9. The molecule has 26 heavy (non-hydrogen) atoms. The number of para-hydroxylation sites is 1. The number of rotatable bonds is 4. The van der Waals surface area contributed by atoms with Gasteiger partial charge in [-0.05, 0) is 31.2 Å². The lowest BCUT2D eigenvalue weighted by atomic mass is 10.1. The Morgan fingerprint density at radius 2 is 1.69 bits per heavy atom. The van der Waals surface area contributed by atoms with Gasteiger partial charge in [-0.3, -0.25) is 4.98 Å². The molecule has 2 heterocycles. The molecule has 3 aromatic rings. The van der Waals surface area contributed by atoms with Crippen LogP contribution in [0.5, 0.6) is 0 Å². The Labute approximate surface area is 166 Å². The summed E-state index contributed by atoms with van der Waals surface area (Å²) in [7, 11) is 0. The molecule has 0 saturated carbocycles. The van der Waals surface area contributed by atoms with Crippen LogP contribution >= 0.6 is 34.8 Å². The smallest absolute Gasteiger partial charge is 0.155 e. The average molecular weight is 404 g/mol.